The molecule has 8 heteroatoms. The third-order valence-electron chi connectivity index (χ3n) is 5.04. The van der Waals surface area contributed by atoms with E-state index in [9.17, 15) is 0 Å². The average Bonchev–Trinajstić information content (AvgIpc) is 3.09. The Morgan fingerprint density at radius 3 is 2.38 bits per heavy atom. The van der Waals surface area contributed by atoms with E-state index >= 15 is 0 Å². The van der Waals surface area contributed by atoms with Crippen LogP contribution in [-0.2, 0) is 0 Å². The second kappa shape index (κ2) is 8.95. The molecule has 6 nitrogen and oxygen atoms in total. The van der Waals surface area contributed by atoms with Crippen LogP contribution < -0.4 is 4.90 Å². The molecule has 4 rings (SSSR count). The van der Waals surface area contributed by atoms with Crippen LogP contribution in [0.1, 0.15) is 11.3 Å². The summed E-state index contributed by atoms with van der Waals surface area (Å²) in [4.78, 5) is 13.3. The van der Waals surface area contributed by atoms with E-state index in [0.29, 0.717) is 16.0 Å². The van der Waals surface area contributed by atoms with E-state index in [4.69, 9.17) is 23.2 Å². The van der Waals surface area contributed by atoms with Gasteiger partial charge in [0.1, 0.15) is 0 Å². The molecule has 0 N–H and O–H groups in total. The van der Waals surface area contributed by atoms with Gasteiger partial charge in [-0.15, -0.1) is 0 Å². The van der Waals surface area contributed by atoms with Crippen molar-refractivity contribution in [2.75, 3.05) is 37.6 Å². The molecule has 1 aliphatic rings. The molecular formula is C21H22Cl2N6. The lowest BCUT2D eigenvalue weighted by Crippen LogP contribution is -2.46. The molecule has 0 spiro atoms. The molecule has 2 aromatic heterocycles. The molecule has 0 unspecified atom stereocenters. The van der Waals surface area contributed by atoms with E-state index in [0.717, 1.165) is 49.7 Å². The lowest BCUT2D eigenvalue weighted by Gasteiger charge is -2.35. The Morgan fingerprint density at radius 1 is 1.00 bits per heavy atom. The predicted octanol–water partition coefficient (Wildman–Crippen LogP) is 4.11. The zero-order valence-corrected chi connectivity index (χ0v) is 17.7. The Kier molecular flexibility index (Phi) is 6.13. The summed E-state index contributed by atoms with van der Waals surface area (Å²) >= 11 is 12.3. The van der Waals surface area contributed by atoms with Crippen LogP contribution in [0.2, 0.25) is 10.0 Å². The Hall–Kier alpha value is -2.41. The SMILES string of the molecule is Cc1c(/C=C/CN2CCN(c3cc(Cl)cc(Cl)c3)CC2)cnn1-c1ncccn1. The van der Waals surface area contributed by atoms with Gasteiger partial charge in [0.05, 0.1) is 11.9 Å². The number of hydrogen-bond acceptors (Lipinski definition) is 5. The topological polar surface area (TPSA) is 50.1 Å². The highest BCUT2D eigenvalue weighted by Gasteiger charge is 2.17. The summed E-state index contributed by atoms with van der Waals surface area (Å²) in [6, 6.07) is 7.51. The molecule has 0 radical (unpaired) electrons. The van der Waals surface area contributed by atoms with Crippen LogP contribution in [0.5, 0.6) is 0 Å². The first-order chi connectivity index (χ1) is 14.1. The zero-order valence-electron chi connectivity index (χ0n) is 16.2. The molecule has 3 aromatic rings. The Labute approximate surface area is 180 Å². The molecule has 1 fully saturated rings. The normalized spacial score (nSPS) is 15.3. The van der Waals surface area contributed by atoms with Crippen molar-refractivity contribution in [1.82, 2.24) is 24.6 Å². The minimum Gasteiger partial charge on any atom is -0.369 e. The first kappa shape index (κ1) is 19.9. The van der Waals surface area contributed by atoms with Crippen molar-refractivity contribution < 1.29 is 0 Å². The van der Waals surface area contributed by atoms with Crippen LogP contribution in [0.25, 0.3) is 12.0 Å². The number of benzene rings is 1. The van der Waals surface area contributed by atoms with Gasteiger partial charge in [-0.1, -0.05) is 35.4 Å². The van der Waals surface area contributed by atoms with Crippen LogP contribution >= 0.6 is 23.2 Å². The molecule has 0 bridgehead atoms. The van der Waals surface area contributed by atoms with Gasteiger partial charge in [0.2, 0.25) is 0 Å². The quantitative estimate of drug-likeness (QED) is 0.611. The van der Waals surface area contributed by atoms with Crippen LogP contribution in [0.4, 0.5) is 5.69 Å². The number of aromatic nitrogens is 4. The van der Waals surface area contributed by atoms with E-state index in [1.807, 2.05) is 25.3 Å². The third kappa shape index (κ3) is 4.78. The number of halogens is 2. The van der Waals surface area contributed by atoms with Crippen molar-refractivity contribution in [3.05, 3.63) is 70.2 Å². The van der Waals surface area contributed by atoms with Crippen molar-refractivity contribution in [3.63, 3.8) is 0 Å². The van der Waals surface area contributed by atoms with Crippen molar-refractivity contribution in [1.29, 1.82) is 0 Å². The number of rotatable bonds is 5. The summed E-state index contributed by atoms with van der Waals surface area (Å²) in [5.41, 5.74) is 3.18. The minimum absolute atomic E-state index is 0.585. The van der Waals surface area contributed by atoms with E-state index in [1.165, 1.54) is 0 Å². The van der Waals surface area contributed by atoms with Crippen LogP contribution in [-0.4, -0.2) is 57.4 Å². The Bertz CT molecular complexity index is 973. The fourth-order valence-electron chi connectivity index (χ4n) is 3.43. The maximum atomic E-state index is 6.13. The molecule has 3 heterocycles. The molecule has 0 saturated carbocycles. The number of nitrogens with zero attached hydrogens (tertiary/aromatic N) is 6. The van der Waals surface area contributed by atoms with Crippen LogP contribution in [0.3, 0.4) is 0 Å². The summed E-state index contributed by atoms with van der Waals surface area (Å²) in [6.07, 6.45) is 9.59. The summed E-state index contributed by atoms with van der Waals surface area (Å²) in [7, 11) is 0. The van der Waals surface area contributed by atoms with Crippen molar-refractivity contribution in [2.24, 2.45) is 0 Å². The molecule has 150 valence electrons. The maximum absolute atomic E-state index is 6.13. The molecule has 1 aliphatic heterocycles. The van der Waals surface area contributed by atoms with E-state index in [-0.39, 0.29) is 0 Å². The molecule has 1 saturated heterocycles. The Morgan fingerprint density at radius 2 is 1.69 bits per heavy atom. The Balaban J connectivity index is 1.33. The lowest BCUT2D eigenvalue weighted by molar-refractivity contribution is 0.284. The van der Waals surface area contributed by atoms with E-state index in [1.54, 1.807) is 29.2 Å². The highest BCUT2D eigenvalue weighted by atomic mass is 35.5. The summed E-state index contributed by atoms with van der Waals surface area (Å²) in [5, 5.41) is 5.76. The fourth-order valence-corrected chi connectivity index (χ4v) is 3.94. The van der Waals surface area contributed by atoms with Gasteiger partial charge in [0.25, 0.3) is 5.95 Å². The van der Waals surface area contributed by atoms with Gasteiger partial charge in [-0.2, -0.15) is 5.10 Å². The van der Waals surface area contributed by atoms with Gasteiger partial charge in [-0.05, 0) is 31.2 Å². The molecule has 0 aliphatic carbocycles. The molecule has 0 amide bonds. The zero-order chi connectivity index (χ0) is 20.2. The van der Waals surface area contributed by atoms with E-state index in [2.05, 4.69) is 37.0 Å². The van der Waals surface area contributed by atoms with Gasteiger partial charge in [-0.25, -0.2) is 14.6 Å². The molecular weight excluding hydrogens is 407 g/mol. The standard InChI is InChI=1S/C21H22Cl2N6/c1-16-17(15-26-29(16)21-24-5-3-6-25-21)4-2-7-27-8-10-28(11-9-27)20-13-18(22)12-19(23)14-20/h2-6,12-15H,7-11H2,1H3/b4-2+. The maximum Gasteiger partial charge on any atom is 0.250 e. The summed E-state index contributed by atoms with van der Waals surface area (Å²) in [6.45, 7) is 6.81. The van der Waals surface area contributed by atoms with Crippen LogP contribution in [0, 0.1) is 6.92 Å². The summed E-state index contributed by atoms with van der Waals surface area (Å²) in [5.74, 6) is 0.585. The van der Waals surface area contributed by atoms with E-state index < -0.39 is 0 Å². The predicted molar refractivity (Wildman–Crippen MR) is 118 cm³/mol. The highest BCUT2D eigenvalue weighted by molar-refractivity contribution is 6.35. The van der Waals surface area contributed by atoms with Crippen molar-refractivity contribution in [3.8, 4) is 5.95 Å². The molecule has 1 aromatic carbocycles. The number of piperazine rings is 1. The second-order valence-electron chi connectivity index (χ2n) is 6.96. The van der Waals surface area contributed by atoms with Gasteiger partial charge in [-0.3, -0.25) is 4.90 Å². The lowest BCUT2D eigenvalue weighted by atomic mass is 10.2. The number of anilines is 1. The first-order valence-electron chi connectivity index (χ1n) is 9.52. The van der Waals surface area contributed by atoms with Crippen molar-refractivity contribution in [2.45, 2.75) is 6.92 Å². The third-order valence-corrected chi connectivity index (χ3v) is 5.47. The van der Waals surface area contributed by atoms with Crippen molar-refractivity contribution >= 4 is 35.0 Å². The fraction of sp³-hybridized carbons (Fsp3) is 0.286. The second-order valence-corrected chi connectivity index (χ2v) is 7.84. The van der Waals surface area contributed by atoms with Gasteiger partial charge in [0, 0.05) is 66.4 Å². The molecule has 29 heavy (non-hydrogen) atoms. The number of hydrogen-bond donors (Lipinski definition) is 0. The van der Waals surface area contributed by atoms with Gasteiger partial charge < -0.3 is 4.90 Å². The first-order valence-corrected chi connectivity index (χ1v) is 10.3. The monoisotopic (exact) mass is 428 g/mol. The van der Waals surface area contributed by atoms with Crippen LogP contribution in [0.15, 0.2) is 48.9 Å². The largest absolute Gasteiger partial charge is 0.369 e. The minimum atomic E-state index is 0.585. The summed E-state index contributed by atoms with van der Waals surface area (Å²) < 4.78 is 1.76. The molecule has 0 atom stereocenters. The van der Waals surface area contributed by atoms with Gasteiger partial charge >= 0.3 is 0 Å². The average molecular weight is 429 g/mol. The smallest absolute Gasteiger partial charge is 0.250 e. The van der Waals surface area contributed by atoms with Gasteiger partial charge in [0.15, 0.2) is 0 Å². The highest BCUT2D eigenvalue weighted by Crippen LogP contribution is 2.26.